The highest BCUT2D eigenvalue weighted by Gasteiger charge is 2.48. The fourth-order valence-electron chi connectivity index (χ4n) is 2.02. The van der Waals surface area contributed by atoms with Gasteiger partial charge in [0, 0.05) is 18.2 Å². The molecule has 1 aliphatic carbocycles. The van der Waals surface area contributed by atoms with Gasteiger partial charge in [-0.05, 0) is 36.5 Å². The van der Waals surface area contributed by atoms with Gasteiger partial charge in [-0.2, -0.15) is 0 Å². The second kappa shape index (κ2) is 4.54. The van der Waals surface area contributed by atoms with Crippen LogP contribution in [-0.2, 0) is 16.6 Å². The SMILES string of the molecule is Cc1c(F)cc(CN)cc1S(=O)(=O)NC1CC1(C)C. The second-order valence-corrected chi connectivity index (χ2v) is 7.45. The van der Waals surface area contributed by atoms with E-state index in [2.05, 4.69) is 4.72 Å². The Labute approximate surface area is 113 Å². The minimum absolute atomic E-state index is 0.0179. The summed E-state index contributed by atoms with van der Waals surface area (Å²) in [6.07, 6.45) is 0.796. The van der Waals surface area contributed by atoms with E-state index in [0.29, 0.717) is 5.56 Å². The molecule has 0 radical (unpaired) electrons. The molecule has 0 saturated heterocycles. The monoisotopic (exact) mass is 286 g/mol. The van der Waals surface area contributed by atoms with Gasteiger partial charge in [0.2, 0.25) is 10.0 Å². The molecule has 1 atom stereocenters. The molecule has 1 saturated carbocycles. The highest BCUT2D eigenvalue weighted by Crippen LogP contribution is 2.45. The molecule has 1 unspecified atom stereocenters. The molecule has 0 aliphatic heterocycles. The van der Waals surface area contributed by atoms with E-state index in [9.17, 15) is 12.8 Å². The summed E-state index contributed by atoms with van der Waals surface area (Å²) in [7, 11) is -3.70. The average Bonchev–Trinajstić information content (AvgIpc) is 2.88. The highest BCUT2D eigenvalue weighted by atomic mass is 32.2. The van der Waals surface area contributed by atoms with Crippen molar-refractivity contribution in [2.75, 3.05) is 0 Å². The number of nitrogens with one attached hydrogen (secondary N) is 1. The van der Waals surface area contributed by atoms with Crippen molar-refractivity contribution in [2.24, 2.45) is 11.1 Å². The summed E-state index contributed by atoms with van der Waals surface area (Å²) in [5.74, 6) is -0.543. The lowest BCUT2D eigenvalue weighted by Gasteiger charge is -2.12. The van der Waals surface area contributed by atoms with Crippen LogP contribution in [0.3, 0.4) is 0 Å². The van der Waals surface area contributed by atoms with E-state index in [1.807, 2.05) is 13.8 Å². The molecule has 0 heterocycles. The first-order valence-corrected chi connectivity index (χ1v) is 7.67. The molecule has 4 nitrogen and oxygen atoms in total. The van der Waals surface area contributed by atoms with Gasteiger partial charge >= 0.3 is 0 Å². The van der Waals surface area contributed by atoms with Crippen molar-refractivity contribution in [3.8, 4) is 0 Å². The van der Waals surface area contributed by atoms with E-state index in [4.69, 9.17) is 5.73 Å². The molecule has 19 heavy (non-hydrogen) atoms. The van der Waals surface area contributed by atoms with E-state index in [0.717, 1.165) is 6.42 Å². The topological polar surface area (TPSA) is 72.2 Å². The third-order valence-corrected chi connectivity index (χ3v) is 5.29. The Kier molecular flexibility index (Phi) is 3.45. The summed E-state index contributed by atoms with van der Waals surface area (Å²) in [5.41, 5.74) is 6.03. The van der Waals surface area contributed by atoms with Gasteiger partial charge in [0.1, 0.15) is 5.82 Å². The van der Waals surface area contributed by atoms with E-state index in [-0.39, 0.29) is 28.5 Å². The highest BCUT2D eigenvalue weighted by molar-refractivity contribution is 7.89. The van der Waals surface area contributed by atoms with Gasteiger partial charge in [-0.15, -0.1) is 0 Å². The first-order chi connectivity index (χ1) is 8.67. The third-order valence-electron chi connectivity index (χ3n) is 3.69. The van der Waals surface area contributed by atoms with E-state index in [1.54, 1.807) is 0 Å². The van der Waals surface area contributed by atoms with Gasteiger partial charge in [-0.3, -0.25) is 0 Å². The molecular weight excluding hydrogens is 267 g/mol. The maximum absolute atomic E-state index is 13.7. The third kappa shape index (κ3) is 2.80. The molecule has 0 bridgehead atoms. The maximum atomic E-state index is 13.7. The molecule has 1 aromatic carbocycles. The van der Waals surface area contributed by atoms with Crippen molar-refractivity contribution >= 4 is 10.0 Å². The zero-order chi connectivity index (χ0) is 14.4. The lowest BCUT2D eigenvalue weighted by Crippen LogP contribution is -2.29. The zero-order valence-electron chi connectivity index (χ0n) is 11.3. The van der Waals surface area contributed by atoms with E-state index < -0.39 is 15.8 Å². The predicted molar refractivity (Wildman–Crippen MR) is 71.5 cm³/mol. The van der Waals surface area contributed by atoms with E-state index in [1.165, 1.54) is 19.1 Å². The number of nitrogens with two attached hydrogens (primary N) is 1. The number of benzene rings is 1. The van der Waals surface area contributed by atoms with Gasteiger partial charge in [0.25, 0.3) is 0 Å². The van der Waals surface area contributed by atoms with Crippen LogP contribution >= 0.6 is 0 Å². The summed E-state index contributed by atoms with van der Waals surface area (Å²) in [6.45, 7) is 5.55. The lowest BCUT2D eigenvalue weighted by atomic mass is 10.1. The molecule has 1 fully saturated rings. The van der Waals surface area contributed by atoms with Crippen LogP contribution in [0.1, 0.15) is 31.4 Å². The molecule has 3 N–H and O–H groups in total. The predicted octanol–water partition coefficient (Wildman–Crippen LogP) is 1.67. The summed E-state index contributed by atoms with van der Waals surface area (Å²) in [6, 6.07) is 2.63. The summed E-state index contributed by atoms with van der Waals surface area (Å²) >= 11 is 0. The first kappa shape index (κ1) is 14.4. The smallest absolute Gasteiger partial charge is 0.241 e. The Morgan fingerprint density at radius 1 is 1.47 bits per heavy atom. The molecule has 2 rings (SSSR count). The van der Waals surface area contributed by atoms with Crippen LogP contribution in [0, 0.1) is 18.2 Å². The van der Waals surface area contributed by atoms with Crippen LogP contribution in [-0.4, -0.2) is 14.5 Å². The number of hydrogen-bond donors (Lipinski definition) is 2. The van der Waals surface area contributed by atoms with E-state index >= 15 is 0 Å². The summed E-state index contributed by atoms with van der Waals surface area (Å²) in [5, 5.41) is 0. The number of halogens is 1. The fraction of sp³-hybridized carbons (Fsp3) is 0.538. The summed E-state index contributed by atoms with van der Waals surface area (Å²) in [4.78, 5) is -0.0179. The van der Waals surface area contributed by atoms with Gasteiger partial charge in [-0.25, -0.2) is 17.5 Å². The minimum atomic E-state index is -3.70. The Morgan fingerprint density at radius 3 is 2.53 bits per heavy atom. The van der Waals surface area contributed by atoms with Crippen molar-refractivity contribution in [1.82, 2.24) is 4.72 Å². The largest absolute Gasteiger partial charge is 0.326 e. The van der Waals surface area contributed by atoms with Crippen molar-refractivity contribution in [2.45, 2.75) is 44.7 Å². The van der Waals surface area contributed by atoms with Crippen LogP contribution in [0.2, 0.25) is 0 Å². The first-order valence-electron chi connectivity index (χ1n) is 6.19. The van der Waals surface area contributed by atoms with Crippen LogP contribution in [0.15, 0.2) is 17.0 Å². The quantitative estimate of drug-likeness (QED) is 0.884. The molecule has 1 aliphatic rings. The molecular formula is C13H19FN2O2S. The van der Waals surface area contributed by atoms with Crippen LogP contribution in [0.5, 0.6) is 0 Å². The Balaban J connectivity index is 2.37. The van der Waals surface area contributed by atoms with Crippen molar-refractivity contribution < 1.29 is 12.8 Å². The lowest BCUT2D eigenvalue weighted by molar-refractivity contribution is 0.551. The number of hydrogen-bond acceptors (Lipinski definition) is 3. The molecule has 0 spiro atoms. The fourth-order valence-corrected chi connectivity index (χ4v) is 3.73. The van der Waals surface area contributed by atoms with Crippen LogP contribution < -0.4 is 10.5 Å². The van der Waals surface area contributed by atoms with Gasteiger partial charge in [0.15, 0.2) is 0 Å². The minimum Gasteiger partial charge on any atom is -0.326 e. The van der Waals surface area contributed by atoms with Crippen molar-refractivity contribution in [3.63, 3.8) is 0 Å². The zero-order valence-corrected chi connectivity index (χ0v) is 12.1. The van der Waals surface area contributed by atoms with Crippen LogP contribution in [0.4, 0.5) is 4.39 Å². The number of rotatable bonds is 4. The molecule has 1 aromatic rings. The van der Waals surface area contributed by atoms with Crippen molar-refractivity contribution in [1.29, 1.82) is 0 Å². The van der Waals surface area contributed by atoms with Gasteiger partial charge in [0.05, 0.1) is 4.90 Å². The standard InChI is InChI=1S/C13H19FN2O2S/c1-8-10(14)4-9(7-15)5-11(8)19(17,18)16-12-6-13(12,2)3/h4-5,12,16H,6-7,15H2,1-3H3. The Bertz CT molecular complexity index is 611. The summed E-state index contributed by atoms with van der Waals surface area (Å²) < 4.78 is 40.9. The Hall–Kier alpha value is -0.980. The van der Waals surface area contributed by atoms with Gasteiger partial charge < -0.3 is 5.73 Å². The number of sulfonamides is 1. The second-order valence-electron chi connectivity index (χ2n) is 5.77. The molecule has 6 heteroatoms. The molecule has 0 amide bonds. The molecule has 0 aromatic heterocycles. The van der Waals surface area contributed by atoms with Crippen molar-refractivity contribution in [3.05, 3.63) is 29.1 Å². The van der Waals surface area contributed by atoms with Crippen LogP contribution in [0.25, 0.3) is 0 Å². The molecule has 106 valence electrons. The normalized spacial score (nSPS) is 21.4. The van der Waals surface area contributed by atoms with Gasteiger partial charge in [-0.1, -0.05) is 13.8 Å². The Morgan fingerprint density at radius 2 is 2.05 bits per heavy atom. The average molecular weight is 286 g/mol. The maximum Gasteiger partial charge on any atom is 0.241 e.